The number of ether oxygens (including phenoxy) is 2. The molecule has 0 spiro atoms. The molecule has 2 aromatic heterocycles. The van der Waals surface area contributed by atoms with Crippen molar-refractivity contribution in [2.45, 2.75) is 24.6 Å². The number of aliphatic hydroxyl groups excluding tert-OH is 2. The molecule has 5 N–H and O–H groups in total. The third kappa shape index (κ3) is 2.01. The maximum Gasteiger partial charge on any atom is 0.298 e. The van der Waals surface area contributed by atoms with Gasteiger partial charge in [0.15, 0.2) is 23.6 Å². The lowest BCUT2D eigenvalue weighted by Crippen LogP contribution is -2.30. The van der Waals surface area contributed by atoms with Crippen LogP contribution in [0.3, 0.4) is 0 Å². The number of rotatable bonds is 3. The molecule has 0 radical (unpaired) electrons. The van der Waals surface area contributed by atoms with Gasteiger partial charge in [-0.05, 0) is 0 Å². The van der Waals surface area contributed by atoms with Crippen LogP contribution < -0.4 is 16.0 Å². The van der Waals surface area contributed by atoms with Gasteiger partial charge in [0.25, 0.3) is 11.6 Å². The number of fused-ring (bicyclic) bond motifs is 1. The van der Waals surface area contributed by atoms with E-state index in [-0.39, 0.29) is 23.1 Å². The van der Waals surface area contributed by atoms with E-state index in [9.17, 15) is 14.3 Å². The molecule has 0 amide bonds. The van der Waals surface area contributed by atoms with E-state index in [1.807, 2.05) is 0 Å². The van der Waals surface area contributed by atoms with Crippen LogP contribution in [-0.4, -0.2) is 61.8 Å². The van der Waals surface area contributed by atoms with Gasteiger partial charge in [-0.15, -0.1) is 0 Å². The highest BCUT2D eigenvalue weighted by Crippen LogP contribution is 2.35. The van der Waals surface area contributed by atoms with Gasteiger partial charge in [-0.2, -0.15) is 4.98 Å². The van der Waals surface area contributed by atoms with Gasteiger partial charge in [-0.3, -0.25) is 14.3 Å². The minimum absolute atomic E-state index is 0.0449. The van der Waals surface area contributed by atoms with Crippen LogP contribution in [0.4, 0.5) is 10.3 Å². The van der Waals surface area contributed by atoms with Crippen molar-refractivity contribution in [3.05, 3.63) is 10.4 Å². The molecular formula is C11H14FN5O5. The quantitative estimate of drug-likeness (QED) is 0.523. The molecular weight excluding hydrogens is 301 g/mol. The van der Waals surface area contributed by atoms with Crippen LogP contribution in [0, 0.1) is 0 Å². The number of halogens is 1. The maximum absolute atomic E-state index is 14.2. The molecule has 0 aliphatic carbocycles. The summed E-state index contributed by atoms with van der Waals surface area (Å²) in [7, 11) is 1.30. The second kappa shape index (κ2) is 5.19. The Morgan fingerprint density at radius 1 is 1.55 bits per heavy atom. The predicted molar refractivity (Wildman–Crippen MR) is 71.0 cm³/mol. The monoisotopic (exact) mass is 315 g/mol. The highest BCUT2D eigenvalue weighted by Gasteiger charge is 2.46. The number of anilines is 1. The lowest BCUT2D eigenvalue weighted by atomic mass is 10.1. The van der Waals surface area contributed by atoms with Crippen LogP contribution in [0.15, 0.2) is 4.79 Å². The summed E-state index contributed by atoms with van der Waals surface area (Å²) in [6.45, 7) is -0.568. The number of nitrogens with zero attached hydrogens (tertiary/aromatic N) is 3. The Bertz CT molecular complexity index is 761. The summed E-state index contributed by atoms with van der Waals surface area (Å²) in [6.07, 6.45) is -5.88. The average molecular weight is 315 g/mol. The fraction of sp³-hybridized carbons (Fsp3) is 0.545. The first-order valence-corrected chi connectivity index (χ1v) is 6.38. The summed E-state index contributed by atoms with van der Waals surface area (Å²) in [6, 6.07) is -0.105. The zero-order chi connectivity index (χ0) is 16.0. The van der Waals surface area contributed by atoms with Crippen LogP contribution >= 0.6 is 0 Å². The van der Waals surface area contributed by atoms with Crippen molar-refractivity contribution in [3.63, 3.8) is 0 Å². The summed E-state index contributed by atoms with van der Waals surface area (Å²) < 4.78 is 25.4. The largest absolute Gasteiger partial charge is 0.468 e. The van der Waals surface area contributed by atoms with Crippen LogP contribution in [0.2, 0.25) is 0 Å². The summed E-state index contributed by atoms with van der Waals surface area (Å²) in [5, 5.41) is 18.8. The summed E-state index contributed by atoms with van der Waals surface area (Å²) in [4.78, 5) is 22.0. The first kappa shape index (κ1) is 14.7. The van der Waals surface area contributed by atoms with Gasteiger partial charge in [-0.25, -0.2) is 9.37 Å². The number of aromatic nitrogens is 4. The van der Waals surface area contributed by atoms with E-state index in [4.69, 9.17) is 20.3 Å². The van der Waals surface area contributed by atoms with Gasteiger partial charge in [-0.1, -0.05) is 0 Å². The topological polar surface area (TPSA) is 149 Å². The minimum Gasteiger partial charge on any atom is -0.468 e. The smallest absolute Gasteiger partial charge is 0.298 e. The Labute approximate surface area is 122 Å². The first-order valence-electron chi connectivity index (χ1n) is 6.38. The third-order valence-corrected chi connectivity index (χ3v) is 3.48. The molecule has 10 nitrogen and oxygen atoms in total. The van der Waals surface area contributed by atoms with E-state index in [1.54, 1.807) is 0 Å². The van der Waals surface area contributed by atoms with Gasteiger partial charge in [0, 0.05) is 0 Å². The maximum atomic E-state index is 14.2. The van der Waals surface area contributed by atoms with Crippen molar-refractivity contribution in [3.8, 4) is 6.01 Å². The van der Waals surface area contributed by atoms with Gasteiger partial charge < -0.3 is 25.4 Å². The normalized spacial score (nSPS) is 28.4. The van der Waals surface area contributed by atoms with Crippen LogP contribution in [0.5, 0.6) is 6.01 Å². The zero-order valence-corrected chi connectivity index (χ0v) is 11.4. The number of hydrogen-bond donors (Lipinski definition) is 4. The second-order valence-corrected chi connectivity index (χ2v) is 4.77. The molecule has 1 aliphatic rings. The Kier molecular flexibility index (Phi) is 3.47. The fourth-order valence-corrected chi connectivity index (χ4v) is 2.39. The number of nitrogens with one attached hydrogen (secondary N) is 1. The van der Waals surface area contributed by atoms with E-state index >= 15 is 0 Å². The highest BCUT2D eigenvalue weighted by molar-refractivity contribution is 5.73. The molecule has 1 aliphatic heterocycles. The molecule has 4 unspecified atom stereocenters. The van der Waals surface area contributed by atoms with Crippen molar-refractivity contribution in [2.24, 2.45) is 0 Å². The number of aliphatic hydroxyl groups is 2. The molecule has 11 heteroatoms. The minimum atomic E-state index is -1.87. The number of methoxy groups -OCH3 is 1. The average Bonchev–Trinajstić information content (AvgIpc) is 2.97. The first-order chi connectivity index (χ1) is 10.5. The summed E-state index contributed by atoms with van der Waals surface area (Å²) in [5.41, 5.74) is 4.94. The predicted octanol–water partition coefficient (Wildman–Crippen LogP) is -1.70. The molecule has 0 aromatic carbocycles. The Hall–Kier alpha value is -2.24. The summed E-state index contributed by atoms with van der Waals surface area (Å²) in [5.74, 6) is -0.209. The molecule has 120 valence electrons. The van der Waals surface area contributed by atoms with Gasteiger partial charge in [0.05, 0.1) is 13.7 Å². The SMILES string of the molecule is COc1nc2c(nc(N)n2C2OC(CO)C(O)C2F)c(=O)[nH]1. The van der Waals surface area contributed by atoms with E-state index in [0.29, 0.717) is 0 Å². The molecule has 2 aromatic rings. The van der Waals surface area contributed by atoms with Gasteiger partial charge in [0.2, 0.25) is 5.95 Å². The van der Waals surface area contributed by atoms with Gasteiger partial charge in [0.1, 0.15) is 12.2 Å². The fourth-order valence-electron chi connectivity index (χ4n) is 2.39. The molecule has 1 saturated heterocycles. The zero-order valence-electron chi connectivity index (χ0n) is 11.4. The molecule has 22 heavy (non-hydrogen) atoms. The Morgan fingerprint density at radius 2 is 2.27 bits per heavy atom. The molecule has 4 atom stereocenters. The van der Waals surface area contributed by atoms with Crippen molar-refractivity contribution in [2.75, 3.05) is 19.5 Å². The Morgan fingerprint density at radius 3 is 2.86 bits per heavy atom. The highest BCUT2D eigenvalue weighted by atomic mass is 19.1. The van der Waals surface area contributed by atoms with Crippen molar-refractivity contribution >= 4 is 17.1 Å². The lowest BCUT2D eigenvalue weighted by molar-refractivity contribution is -0.0451. The van der Waals surface area contributed by atoms with Crippen molar-refractivity contribution < 1.29 is 24.1 Å². The molecule has 1 fully saturated rings. The summed E-state index contributed by atoms with van der Waals surface area (Å²) >= 11 is 0. The number of aromatic amines is 1. The van der Waals surface area contributed by atoms with E-state index in [1.165, 1.54) is 7.11 Å². The number of H-pyrrole nitrogens is 1. The standard InChI is InChI=1S/C11H14FN5O5/c1-21-11-15-7-5(8(20)16-11)14-10(13)17(7)9-4(12)6(19)3(2-18)22-9/h3-4,6,9,18-19H,2H2,1H3,(H2,13,14)(H,15,16,20). The van der Waals surface area contributed by atoms with Crippen LogP contribution in [-0.2, 0) is 4.74 Å². The number of nitrogen functional groups attached to an aromatic ring is 1. The lowest BCUT2D eigenvalue weighted by Gasteiger charge is -2.16. The van der Waals surface area contributed by atoms with Crippen LogP contribution in [0.1, 0.15) is 6.23 Å². The van der Waals surface area contributed by atoms with Gasteiger partial charge >= 0.3 is 0 Å². The van der Waals surface area contributed by atoms with E-state index in [2.05, 4.69) is 15.0 Å². The molecule has 3 rings (SSSR count). The molecule has 0 bridgehead atoms. The number of hydrogen-bond acceptors (Lipinski definition) is 8. The molecule has 0 saturated carbocycles. The second-order valence-electron chi connectivity index (χ2n) is 4.77. The number of alkyl halides is 1. The molecule has 3 heterocycles. The number of imidazole rings is 1. The number of nitrogens with two attached hydrogens (primary N) is 1. The van der Waals surface area contributed by atoms with Crippen molar-refractivity contribution in [1.29, 1.82) is 0 Å². The third-order valence-electron chi connectivity index (χ3n) is 3.48. The van der Waals surface area contributed by atoms with Crippen molar-refractivity contribution in [1.82, 2.24) is 19.5 Å². The Balaban J connectivity index is 2.17. The van der Waals surface area contributed by atoms with E-state index in [0.717, 1.165) is 4.57 Å². The van der Waals surface area contributed by atoms with Crippen LogP contribution in [0.25, 0.3) is 11.2 Å². The van der Waals surface area contributed by atoms with E-state index < -0.39 is 36.8 Å².